The Hall–Kier alpha value is -0.460. The summed E-state index contributed by atoms with van der Waals surface area (Å²) in [5.41, 5.74) is 0. The van der Waals surface area contributed by atoms with Gasteiger partial charge < -0.3 is 15.4 Å². The normalized spacial score (nSPS) is 17.5. The summed E-state index contributed by atoms with van der Waals surface area (Å²) in [6.45, 7) is 9.71. The standard InChI is InChI=1S/C13H28N4OS/c1-3-14-13(15-5-4-12-19-2)16-6-7-17-8-10-18-11-9-17/h3-12H2,1-2H3,(H2,14,15,16). The molecule has 2 N–H and O–H groups in total. The molecule has 5 nitrogen and oxygen atoms in total. The van der Waals surface area contributed by atoms with E-state index in [-0.39, 0.29) is 0 Å². The van der Waals surface area contributed by atoms with Crippen molar-refractivity contribution in [3.63, 3.8) is 0 Å². The van der Waals surface area contributed by atoms with Gasteiger partial charge in [0.2, 0.25) is 0 Å². The highest BCUT2D eigenvalue weighted by Gasteiger charge is 2.09. The van der Waals surface area contributed by atoms with Crippen LogP contribution in [0.15, 0.2) is 4.99 Å². The molecule has 0 aromatic heterocycles. The summed E-state index contributed by atoms with van der Waals surface area (Å²) in [6, 6.07) is 0. The van der Waals surface area contributed by atoms with Gasteiger partial charge in [0.25, 0.3) is 0 Å². The Labute approximate surface area is 121 Å². The first-order valence-corrected chi connectivity index (χ1v) is 8.57. The molecule has 0 saturated carbocycles. The fourth-order valence-electron chi connectivity index (χ4n) is 1.90. The summed E-state index contributed by atoms with van der Waals surface area (Å²) in [4.78, 5) is 7.00. The number of ether oxygens (including phenoxy) is 1. The average Bonchev–Trinajstić information content (AvgIpc) is 2.44. The second kappa shape index (κ2) is 11.4. The Kier molecular flexibility index (Phi) is 9.93. The van der Waals surface area contributed by atoms with Crippen LogP contribution in [0, 0.1) is 0 Å². The molecule has 0 atom stereocenters. The first kappa shape index (κ1) is 16.6. The fourth-order valence-corrected chi connectivity index (χ4v) is 2.32. The molecule has 1 saturated heterocycles. The van der Waals surface area contributed by atoms with E-state index in [2.05, 4.69) is 33.7 Å². The second-order valence-electron chi connectivity index (χ2n) is 4.49. The smallest absolute Gasteiger partial charge is 0.191 e. The molecule has 0 unspecified atom stereocenters. The van der Waals surface area contributed by atoms with Crippen molar-refractivity contribution in [2.75, 3.05) is 64.5 Å². The summed E-state index contributed by atoms with van der Waals surface area (Å²) in [5.74, 6) is 2.12. The first-order valence-electron chi connectivity index (χ1n) is 7.18. The van der Waals surface area contributed by atoms with Gasteiger partial charge in [-0.05, 0) is 25.4 Å². The maximum Gasteiger partial charge on any atom is 0.191 e. The van der Waals surface area contributed by atoms with Crippen LogP contribution in [0.25, 0.3) is 0 Å². The number of nitrogens with zero attached hydrogens (tertiary/aromatic N) is 2. The molecule has 1 rings (SSSR count). The molecule has 6 heteroatoms. The molecule has 1 aliphatic rings. The van der Waals surface area contributed by atoms with Crippen molar-refractivity contribution < 1.29 is 4.74 Å². The third-order valence-corrected chi connectivity index (χ3v) is 3.64. The zero-order valence-electron chi connectivity index (χ0n) is 12.3. The van der Waals surface area contributed by atoms with Crippen molar-refractivity contribution in [2.45, 2.75) is 13.3 Å². The van der Waals surface area contributed by atoms with E-state index in [1.165, 1.54) is 5.75 Å². The Morgan fingerprint density at radius 2 is 2.11 bits per heavy atom. The molecular weight excluding hydrogens is 260 g/mol. The zero-order valence-corrected chi connectivity index (χ0v) is 13.1. The first-order chi connectivity index (χ1) is 9.36. The number of guanidine groups is 1. The van der Waals surface area contributed by atoms with Crippen LogP contribution in [0.3, 0.4) is 0 Å². The summed E-state index contributed by atoms with van der Waals surface area (Å²) in [6.07, 6.45) is 3.27. The van der Waals surface area contributed by atoms with Crippen molar-refractivity contribution in [2.24, 2.45) is 4.99 Å². The van der Waals surface area contributed by atoms with Crippen LogP contribution >= 0.6 is 11.8 Å². The molecule has 0 bridgehead atoms. The topological polar surface area (TPSA) is 48.9 Å². The number of rotatable bonds is 8. The predicted molar refractivity (Wildman–Crippen MR) is 84.2 cm³/mol. The molecule has 1 heterocycles. The van der Waals surface area contributed by atoms with Gasteiger partial charge in [-0.15, -0.1) is 0 Å². The van der Waals surface area contributed by atoms with E-state index in [4.69, 9.17) is 4.74 Å². The number of hydrogen-bond acceptors (Lipinski definition) is 4. The SMILES string of the molecule is CCNC(=NCCCSC)NCCN1CCOCC1. The van der Waals surface area contributed by atoms with Crippen LogP contribution in [-0.2, 0) is 4.74 Å². The van der Waals surface area contributed by atoms with Gasteiger partial charge >= 0.3 is 0 Å². The van der Waals surface area contributed by atoms with E-state index >= 15 is 0 Å². The summed E-state index contributed by atoms with van der Waals surface area (Å²) in [5, 5.41) is 6.68. The quantitative estimate of drug-likeness (QED) is 0.390. The average molecular weight is 288 g/mol. The molecule has 0 amide bonds. The zero-order chi connectivity index (χ0) is 13.8. The largest absolute Gasteiger partial charge is 0.379 e. The Balaban J connectivity index is 2.16. The van der Waals surface area contributed by atoms with Crippen LogP contribution in [-0.4, -0.2) is 75.4 Å². The van der Waals surface area contributed by atoms with Crippen LogP contribution in [0.4, 0.5) is 0 Å². The van der Waals surface area contributed by atoms with Crippen LogP contribution < -0.4 is 10.6 Å². The molecule has 0 radical (unpaired) electrons. The molecule has 112 valence electrons. The molecule has 0 aromatic rings. The van der Waals surface area contributed by atoms with Gasteiger partial charge in [0.15, 0.2) is 5.96 Å². The van der Waals surface area contributed by atoms with Crippen molar-refractivity contribution in [3.8, 4) is 0 Å². The van der Waals surface area contributed by atoms with Crippen LogP contribution in [0.5, 0.6) is 0 Å². The lowest BCUT2D eigenvalue weighted by atomic mass is 10.4. The Morgan fingerprint density at radius 3 is 2.79 bits per heavy atom. The van der Waals surface area contributed by atoms with Gasteiger partial charge in [0.05, 0.1) is 13.2 Å². The van der Waals surface area contributed by atoms with Crippen LogP contribution in [0.1, 0.15) is 13.3 Å². The molecule has 0 aliphatic carbocycles. The number of aliphatic imine (C=N–C) groups is 1. The second-order valence-corrected chi connectivity index (χ2v) is 5.47. The van der Waals surface area contributed by atoms with E-state index in [1.807, 2.05) is 11.8 Å². The third-order valence-electron chi connectivity index (χ3n) is 2.94. The van der Waals surface area contributed by atoms with E-state index in [9.17, 15) is 0 Å². The minimum Gasteiger partial charge on any atom is -0.379 e. The maximum atomic E-state index is 5.34. The van der Waals surface area contributed by atoms with Crippen molar-refractivity contribution in [1.82, 2.24) is 15.5 Å². The van der Waals surface area contributed by atoms with E-state index in [1.54, 1.807) is 0 Å². The van der Waals surface area contributed by atoms with Gasteiger partial charge in [0, 0.05) is 39.3 Å². The van der Waals surface area contributed by atoms with Crippen LogP contribution in [0.2, 0.25) is 0 Å². The van der Waals surface area contributed by atoms with Gasteiger partial charge in [0.1, 0.15) is 0 Å². The molecule has 19 heavy (non-hydrogen) atoms. The number of thioether (sulfide) groups is 1. The lowest BCUT2D eigenvalue weighted by molar-refractivity contribution is 0.0389. The number of hydrogen-bond donors (Lipinski definition) is 2. The van der Waals surface area contributed by atoms with Crippen molar-refractivity contribution >= 4 is 17.7 Å². The predicted octanol–water partition coefficient (Wildman–Crippen LogP) is 0.627. The minimum absolute atomic E-state index is 0.864. The molecule has 0 aromatic carbocycles. The minimum atomic E-state index is 0.864. The van der Waals surface area contributed by atoms with E-state index < -0.39 is 0 Å². The molecular formula is C13H28N4OS. The fraction of sp³-hybridized carbons (Fsp3) is 0.923. The summed E-state index contributed by atoms with van der Waals surface area (Å²) < 4.78 is 5.34. The molecule has 1 aliphatic heterocycles. The van der Waals surface area contributed by atoms with Crippen molar-refractivity contribution in [1.29, 1.82) is 0 Å². The number of morpholine rings is 1. The summed E-state index contributed by atoms with van der Waals surface area (Å²) >= 11 is 1.87. The highest BCUT2D eigenvalue weighted by molar-refractivity contribution is 7.98. The Morgan fingerprint density at radius 1 is 1.32 bits per heavy atom. The maximum absolute atomic E-state index is 5.34. The van der Waals surface area contributed by atoms with Gasteiger partial charge in [-0.3, -0.25) is 9.89 Å². The van der Waals surface area contributed by atoms with Gasteiger partial charge in [-0.2, -0.15) is 11.8 Å². The Bertz CT molecular complexity index is 245. The highest BCUT2D eigenvalue weighted by Crippen LogP contribution is 1.96. The lowest BCUT2D eigenvalue weighted by Gasteiger charge is -2.26. The van der Waals surface area contributed by atoms with Gasteiger partial charge in [-0.1, -0.05) is 0 Å². The third kappa shape index (κ3) is 8.34. The monoisotopic (exact) mass is 288 g/mol. The lowest BCUT2D eigenvalue weighted by Crippen LogP contribution is -2.44. The number of nitrogens with one attached hydrogen (secondary N) is 2. The van der Waals surface area contributed by atoms with E-state index in [0.717, 1.165) is 64.9 Å². The van der Waals surface area contributed by atoms with Gasteiger partial charge in [-0.25, -0.2) is 0 Å². The molecule has 0 spiro atoms. The van der Waals surface area contributed by atoms with E-state index in [0.29, 0.717) is 0 Å². The highest BCUT2D eigenvalue weighted by atomic mass is 32.2. The summed E-state index contributed by atoms with van der Waals surface area (Å²) in [7, 11) is 0. The molecule has 1 fully saturated rings. The van der Waals surface area contributed by atoms with Crippen molar-refractivity contribution in [3.05, 3.63) is 0 Å².